The third-order valence-electron chi connectivity index (χ3n) is 25.2. The zero-order valence-corrected chi connectivity index (χ0v) is 81.9. The number of methoxy groups -OCH3 is 4. The highest BCUT2D eigenvalue weighted by molar-refractivity contribution is 5.93. The maximum absolute atomic E-state index is 13.1. The van der Waals surface area contributed by atoms with Gasteiger partial charge in [0.2, 0.25) is 11.4 Å². The summed E-state index contributed by atoms with van der Waals surface area (Å²) in [5.41, 5.74) is 26.4. The van der Waals surface area contributed by atoms with Crippen LogP contribution >= 0.6 is 0 Å². The number of amides is 8. The van der Waals surface area contributed by atoms with E-state index >= 15 is 0 Å². The fourth-order valence-corrected chi connectivity index (χ4v) is 17.3. The lowest BCUT2D eigenvalue weighted by molar-refractivity contribution is 0.185. The Morgan fingerprint density at radius 2 is 0.645 bits per heavy atom. The van der Waals surface area contributed by atoms with Gasteiger partial charge in [-0.3, -0.25) is 31.0 Å². The summed E-state index contributed by atoms with van der Waals surface area (Å²) in [6.07, 6.45) is 16.7. The Hall–Kier alpha value is -15.5. The van der Waals surface area contributed by atoms with Crippen LogP contribution in [0.1, 0.15) is 182 Å². The number of ether oxygens (including phenoxy) is 5. The fraction of sp³-hybridized carbons (Fsp3) is 0.297. The number of anilines is 4. The second kappa shape index (κ2) is 46.3. The SMILES string of the molecule is CCOc1nn(-c2ccccc2)c(NC(=O)NCc2cc(COC)ccc2C2CC2)c1C.COCc1ccc(C2CC2)c(CNC(=O)Nc2c(C)c(-c3ccc(=O)n(C)c3)nn2-c2ccccc2)c1.COCc1ccc(C2CC2)c(CNC(=O)Nc2c(C)c(-c3ccc(C)nc3)nn2-c2ccccc2)c1.COCc1ccc(C2CC2)c(CNC(=O)Nc2c(C)c(-c3cnc(C)nc3)nn2-c2ccccc2)c1. The standard InChI is InChI=1S/C29H31N5O3.C29H31N5O2.C28H30N6O2.C25H30N4O3/c1-19-27(22-12-14-26(35)33(2)17-22)32-34(24-7-5-4-6-8-24)28(19)31-29(36)30-16-23-15-20(18-37-3)9-13-25(23)21-10-11-21;1-19-9-11-23(16-30-19)27-20(2)28(34(33-27)25-7-5-4-6-8-25)32-29(35)31-17-24-15-21(18-36-3)10-14-26(24)22-12-13-22;1-18-26(23-15-29-19(2)30-16-23)33-34(24-7-5-4-6-8-24)27(18)32-28(35)31-14-22-13-20(17-36-3)9-12-25(22)21-10-11-21;1-4-32-24-17(2)23(29(28-24)21-8-6-5-7-9-21)27-25(30)26-15-20-14-18(16-31-3)10-13-22(20)19-11-12-19/h4-9,12-15,17,21H,10-11,16,18H2,1-3H3,(H2,30,31,36);4-11,14-16,22H,12-13,17-18H2,1-3H3,(H2,31,32,35);4-9,12-13,15-16,21H,10-11,14,17H2,1-3H3,(H2,31,32,35);5-10,13-14,19H,4,11-12,15-16H2,1-3H3,(H2,26,27,30). The number of para-hydroxylation sites is 4. The maximum atomic E-state index is 13.1. The molecular weight excluding hydrogens is 1770 g/mol. The first-order chi connectivity index (χ1) is 68.6. The number of benzene rings is 8. The quantitative estimate of drug-likeness (QED) is 0.0189. The molecule has 4 saturated carbocycles. The van der Waals surface area contributed by atoms with Crippen molar-refractivity contribution in [1.29, 1.82) is 0 Å². The predicted molar refractivity (Wildman–Crippen MR) is 549 cm³/mol. The van der Waals surface area contributed by atoms with E-state index in [4.69, 9.17) is 39.0 Å². The Morgan fingerprint density at radius 1 is 0.348 bits per heavy atom. The van der Waals surface area contributed by atoms with Gasteiger partial charge in [-0.05, 0) is 257 Å². The van der Waals surface area contributed by atoms with Crippen LogP contribution in [0.2, 0.25) is 0 Å². The Balaban J connectivity index is 0.000000136. The van der Waals surface area contributed by atoms with Crippen molar-refractivity contribution in [3.63, 3.8) is 0 Å². The maximum Gasteiger partial charge on any atom is 0.320 e. The fourth-order valence-electron chi connectivity index (χ4n) is 17.3. The zero-order chi connectivity index (χ0) is 98.6. The summed E-state index contributed by atoms with van der Waals surface area (Å²) in [5.74, 6) is 5.94. The molecule has 0 bridgehead atoms. The van der Waals surface area contributed by atoms with E-state index in [0.29, 0.717) is 124 Å². The lowest BCUT2D eigenvalue weighted by Gasteiger charge is -2.14. The first-order valence-electron chi connectivity index (χ1n) is 47.9. The lowest BCUT2D eigenvalue weighted by atomic mass is 10.0. The van der Waals surface area contributed by atoms with Crippen molar-refractivity contribution in [3.05, 3.63) is 354 Å². The number of aromatic nitrogens is 12. The van der Waals surface area contributed by atoms with E-state index in [-0.39, 0.29) is 29.7 Å². The molecule has 0 atom stereocenters. The predicted octanol–water partition coefficient (Wildman–Crippen LogP) is 21.0. The van der Waals surface area contributed by atoms with Crippen molar-refractivity contribution in [1.82, 2.24) is 79.9 Å². The largest absolute Gasteiger partial charge is 0.477 e. The van der Waals surface area contributed by atoms with Crippen LogP contribution < -0.4 is 52.8 Å². The minimum atomic E-state index is -0.314. The van der Waals surface area contributed by atoms with Crippen LogP contribution in [0.25, 0.3) is 56.5 Å². The van der Waals surface area contributed by atoms with E-state index in [1.165, 1.54) is 84.3 Å². The molecule has 8 aromatic carbocycles. The highest BCUT2D eigenvalue weighted by atomic mass is 16.5. The molecular formula is C111H122N20O10. The summed E-state index contributed by atoms with van der Waals surface area (Å²) >= 11 is 0. The number of urea groups is 4. The Kier molecular flexibility index (Phi) is 32.4. The van der Waals surface area contributed by atoms with Crippen molar-refractivity contribution in [2.45, 2.75) is 176 Å². The molecule has 0 saturated heterocycles. The average Bonchev–Trinajstić information content (AvgIpc) is 1.64. The molecule has 8 N–H and O–H groups in total. The molecule has 19 rings (SSSR count). The summed E-state index contributed by atoms with van der Waals surface area (Å²) in [6, 6.07) is 70.6. The van der Waals surface area contributed by atoms with Crippen LogP contribution in [0.3, 0.4) is 0 Å². The summed E-state index contributed by atoms with van der Waals surface area (Å²) in [5, 5.41) is 43.3. The molecule has 0 radical (unpaired) electrons. The van der Waals surface area contributed by atoms with Gasteiger partial charge >= 0.3 is 24.1 Å². The minimum absolute atomic E-state index is 0.0956. The van der Waals surface area contributed by atoms with Crippen LogP contribution in [0.5, 0.6) is 5.88 Å². The van der Waals surface area contributed by atoms with Gasteiger partial charge in [-0.15, -0.1) is 5.10 Å². The van der Waals surface area contributed by atoms with Crippen molar-refractivity contribution in [2.75, 3.05) is 56.3 Å². The van der Waals surface area contributed by atoms with Gasteiger partial charge in [-0.1, -0.05) is 146 Å². The number of carbonyl (C=O) groups excluding carboxylic acids is 4. The molecule has 0 unspecified atom stereocenters. The van der Waals surface area contributed by atoms with Crippen LogP contribution in [-0.4, -0.2) is 118 Å². The van der Waals surface area contributed by atoms with Gasteiger partial charge in [-0.25, -0.2) is 47.9 Å². The van der Waals surface area contributed by atoms with Crippen molar-refractivity contribution < 1.29 is 42.9 Å². The second-order valence-corrected chi connectivity index (χ2v) is 35.9. The van der Waals surface area contributed by atoms with Gasteiger partial charge in [0.15, 0.2) is 0 Å². The van der Waals surface area contributed by atoms with Gasteiger partial charge in [0.1, 0.15) is 34.8 Å². The van der Waals surface area contributed by atoms with Gasteiger partial charge in [0.05, 0.1) is 72.7 Å². The molecule has 8 amide bonds. The van der Waals surface area contributed by atoms with Crippen LogP contribution in [0, 0.1) is 41.5 Å². The summed E-state index contributed by atoms with van der Waals surface area (Å²) in [4.78, 5) is 77.2. The van der Waals surface area contributed by atoms with E-state index in [1.807, 2.05) is 188 Å². The van der Waals surface area contributed by atoms with E-state index in [1.54, 1.807) is 78.9 Å². The topological polar surface area (TPSA) is 343 Å². The molecule has 4 aliphatic rings. The van der Waals surface area contributed by atoms with E-state index in [2.05, 4.69) is 135 Å². The first-order valence-corrected chi connectivity index (χ1v) is 47.9. The molecule has 726 valence electrons. The third kappa shape index (κ3) is 25.2. The molecule has 0 aliphatic heterocycles. The summed E-state index contributed by atoms with van der Waals surface area (Å²) < 4.78 is 35.3. The summed E-state index contributed by atoms with van der Waals surface area (Å²) in [6.45, 7) is 17.9. The van der Waals surface area contributed by atoms with Crippen molar-refractivity contribution in [2.24, 2.45) is 7.05 Å². The van der Waals surface area contributed by atoms with Gasteiger partial charge < -0.3 is 49.5 Å². The molecule has 7 aromatic heterocycles. The molecule has 15 aromatic rings. The van der Waals surface area contributed by atoms with Crippen LogP contribution in [-0.2, 0) is 78.6 Å². The van der Waals surface area contributed by atoms with Gasteiger partial charge in [0.25, 0.3) is 0 Å². The zero-order valence-electron chi connectivity index (χ0n) is 81.9. The number of rotatable bonds is 33. The third-order valence-corrected chi connectivity index (χ3v) is 25.2. The highest BCUT2D eigenvalue weighted by Gasteiger charge is 2.32. The molecule has 30 nitrogen and oxygen atoms in total. The molecule has 7 heterocycles. The van der Waals surface area contributed by atoms with Crippen molar-refractivity contribution in [3.8, 4) is 62.4 Å². The van der Waals surface area contributed by atoms with Crippen LogP contribution in [0.15, 0.2) is 248 Å². The molecule has 141 heavy (non-hydrogen) atoms. The number of hydrogen-bond donors (Lipinski definition) is 8. The second-order valence-electron chi connectivity index (χ2n) is 35.9. The number of hydrogen-bond acceptors (Lipinski definition) is 17. The molecule has 4 fully saturated rings. The van der Waals surface area contributed by atoms with E-state index in [9.17, 15) is 24.0 Å². The number of nitrogens with zero attached hydrogens (tertiary/aromatic N) is 12. The number of nitrogens with one attached hydrogen (secondary N) is 8. The smallest absolute Gasteiger partial charge is 0.320 e. The number of aryl methyl sites for hydroxylation is 3. The van der Waals surface area contributed by atoms with Crippen molar-refractivity contribution >= 4 is 47.4 Å². The molecule has 0 spiro atoms. The van der Waals surface area contributed by atoms with Gasteiger partial charge in [-0.2, -0.15) is 15.3 Å². The number of pyridine rings is 2. The normalized spacial score (nSPS) is 13.0. The Morgan fingerprint density at radius 3 is 0.943 bits per heavy atom. The lowest BCUT2D eigenvalue weighted by Crippen LogP contribution is -2.29. The average molecular weight is 1900 g/mol. The Labute approximate surface area is 821 Å². The number of carbonyl (C=O) groups is 4. The van der Waals surface area contributed by atoms with Gasteiger partial charge in [0, 0.05) is 132 Å². The van der Waals surface area contributed by atoms with Crippen LogP contribution in [0.4, 0.5) is 42.4 Å². The monoisotopic (exact) mass is 1890 g/mol. The highest BCUT2D eigenvalue weighted by Crippen LogP contribution is 2.46. The van der Waals surface area contributed by atoms with E-state index < -0.39 is 0 Å². The first kappa shape index (κ1) is 98.5. The molecule has 30 heteroatoms. The molecule has 4 aliphatic carbocycles. The minimum Gasteiger partial charge on any atom is -0.477 e. The van der Waals surface area contributed by atoms with E-state index in [0.717, 1.165) is 123 Å². The summed E-state index contributed by atoms with van der Waals surface area (Å²) in [7, 11) is 8.46. The Bertz CT molecular complexity index is 6710.